The molecule has 0 unspecified atom stereocenters. The summed E-state index contributed by atoms with van der Waals surface area (Å²) in [5.74, 6) is 1.46. The lowest BCUT2D eigenvalue weighted by atomic mass is 9.66. The molecule has 2 aromatic carbocycles. The van der Waals surface area contributed by atoms with Gasteiger partial charge in [-0.1, -0.05) is 98.7 Å². The predicted octanol–water partition coefficient (Wildman–Crippen LogP) is 7.55. The minimum Gasteiger partial charge on any atom is -0.0678 e. The minimum atomic E-state index is 0.125. The van der Waals surface area contributed by atoms with E-state index in [0.29, 0.717) is 0 Å². The molecule has 0 aromatic heterocycles. The van der Waals surface area contributed by atoms with Crippen molar-refractivity contribution in [1.29, 1.82) is 0 Å². The van der Waals surface area contributed by atoms with Crippen LogP contribution in [-0.4, -0.2) is 0 Å². The summed E-state index contributed by atoms with van der Waals surface area (Å²) in [5, 5.41) is 2.87. The maximum atomic E-state index is 2.47. The second-order valence-corrected chi connectivity index (χ2v) is 10.6. The van der Waals surface area contributed by atoms with E-state index in [1.54, 1.807) is 0 Å². The zero-order valence-corrected chi connectivity index (χ0v) is 17.5. The van der Waals surface area contributed by atoms with Crippen LogP contribution in [0, 0.1) is 16.7 Å². The van der Waals surface area contributed by atoms with Gasteiger partial charge in [-0.25, -0.2) is 0 Å². The molecule has 0 heterocycles. The molecular weight excluding hydrogens is 300 g/mol. The molecule has 1 aliphatic rings. The Morgan fingerprint density at radius 3 is 1.76 bits per heavy atom. The minimum absolute atomic E-state index is 0.125. The molecular formula is C25H33. The third kappa shape index (κ3) is 3.05. The zero-order chi connectivity index (χ0) is 18.8. The predicted molar refractivity (Wildman–Crippen MR) is 112 cm³/mol. The highest BCUT2D eigenvalue weighted by atomic mass is 14.4. The third-order valence-corrected chi connectivity index (χ3v) is 5.33. The van der Waals surface area contributed by atoms with Gasteiger partial charge in [0.05, 0.1) is 0 Å². The first-order valence-electron chi connectivity index (χ1n) is 9.48. The summed E-state index contributed by atoms with van der Waals surface area (Å²) in [6.07, 6.45) is 2.47. The number of hydrogen-bond acceptors (Lipinski definition) is 0. The lowest BCUT2D eigenvalue weighted by molar-refractivity contribution is 0.466. The summed E-state index contributed by atoms with van der Waals surface area (Å²) in [6, 6.07) is 11.6. The second kappa shape index (κ2) is 5.47. The summed E-state index contributed by atoms with van der Waals surface area (Å²) < 4.78 is 0. The molecule has 3 rings (SSSR count). The maximum absolute atomic E-state index is 2.47. The van der Waals surface area contributed by atoms with Gasteiger partial charge in [0.2, 0.25) is 0 Å². The summed E-state index contributed by atoms with van der Waals surface area (Å²) in [4.78, 5) is 0. The lowest BCUT2D eigenvalue weighted by Gasteiger charge is -2.38. The first-order valence-corrected chi connectivity index (χ1v) is 9.48. The third-order valence-electron chi connectivity index (χ3n) is 5.33. The molecule has 0 bridgehead atoms. The van der Waals surface area contributed by atoms with Gasteiger partial charge >= 0.3 is 0 Å². The maximum Gasteiger partial charge on any atom is 0.0330 e. The first-order chi connectivity index (χ1) is 11.3. The molecule has 0 saturated carbocycles. The highest BCUT2D eigenvalue weighted by molar-refractivity contribution is 6.03. The SMILES string of the molecule is CC(C)(C)[C]1C=C(C(C)(C)C)c2ccc(C(C)(C)C)c3cccc1c23. The van der Waals surface area contributed by atoms with E-state index < -0.39 is 0 Å². The summed E-state index contributed by atoms with van der Waals surface area (Å²) in [5.41, 5.74) is 6.12. The number of benzene rings is 2. The monoisotopic (exact) mass is 333 g/mol. The Morgan fingerprint density at radius 2 is 1.24 bits per heavy atom. The summed E-state index contributed by atoms with van der Waals surface area (Å²) in [6.45, 7) is 20.9. The molecule has 0 saturated heterocycles. The van der Waals surface area contributed by atoms with Crippen LogP contribution in [0.15, 0.2) is 36.4 Å². The Morgan fingerprint density at radius 1 is 0.600 bits per heavy atom. The molecule has 2 aromatic rings. The molecule has 0 amide bonds. The average molecular weight is 334 g/mol. The fourth-order valence-corrected chi connectivity index (χ4v) is 4.05. The van der Waals surface area contributed by atoms with Gasteiger partial charge in [-0.3, -0.25) is 0 Å². The second-order valence-electron chi connectivity index (χ2n) is 10.6. The van der Waals surface area contributed by atoms with Crippen molar-refractivity contribution < 1.29 is 0 Å². The Balaban J connectivity index is 2.45. The highest BCUT2D eigenvalue weighted by Crippen LogP contribution is 2.51. The lowest BCUT2D eigenvalue weighted by Crippen LogP contribution is -2.24. The molecule has 0 N–H and O–H groups in total. The van der Waals surface area contributed by atoms with E-state index in [1.807, 2.05) is 0 Å². The average Bonchev–Trinajstić information content (AvgIpc) is 2.44. The Hall–Kier alpha value is -1.56. The van der Waals surface area contributed by atoms with Crippen LogP contribution < -0.4 is 0 Å². The molecule has 0 aliphatic heterocycles. The van der Waals surface area contributed by atoms with Gasteiger partial charge in [0.1, 0.15) is 0 Å². The Bertz CT molecular complexity index is 842. The van der Waals surface area contributed by atoms with Crippen molar-refractivity contribution in [3.05, 3.63) is 59.0 Å². The van der Waals surface area contributed by atoms with Crippen molar-refractivity contribution in [3.8, 4) is 0 Å². The van der Waals surface area contributed by atoms with Crippen LogP contribution in [-0.2, 0) is 5.41 Å². The van der Waals surface area contributed by atoms with Crippen LogP contribution in [0.4, 0.5) is 0 Å². The Labute approximate surface area is 154 Å². The van der Waals surface area contributed by atoms with Crippen molar-refractivity contribution in [2.75, 3.05) is 0 Å². The van der Waals surface area contributed by atoms with Gasteiger partial charge in [-0.2, -0.15) is 0 Å². The van der Waals surface area contributed by atoms with E-state index in [1.165, 1.54) is 39.0 Å². The Kier molecular flexibility index (Phi) is 3.99. The van der Waals surface area contributed by atoms with Gasteiger partial charge in [-0.05, 0) is 49.3 Å². The quantitative estimate of drug-likeness (QED) is 0.467. The van der Waals surface area contributed by atoms with Gasteiger partial charge in [-0.15, -0.1) is 0 Å². The first kappa shape index (κ1) is 18.2. The van der Waals surface area contributed by atoms with Crippen molar-refractivity contribution in [2.24, 2.45) is 10.8 Å². The van der Waals surface area contributed by atoms with Gasteiger partial charge in [0.15, 0.2) is 0 Å². The molecule has 25 heavy (non-hydrogen) atoms. The molecule has 133 valence electrons. The smallest absolute Gasteiger partial charge is 0.0330 e. The van der Waals surface area contributed by atoms with E-state index in [2.05, 4.69) is 98.7 Å². The molecule has 0 fully saturated rings. The molecule has 0 heteroatoms. The largest absolute Gasteiger partial charge is 0.0678 e. The van der Waals surface area contributed by atoms with Gasteiger partial charge in [0.25, 0.3) is 0 Å². The summed E-state index contributed by atoms with van der Waals surface area (Å²) in [7, 11) is 0. The molecule has 0 atom stereocenters. The number of allylic oxidation sites excluding steroid dienone is 2. The van der Waals surface area contributed by atoms with Crippen molar-refractivity contribution >= 4 is 16.3 Å². The molecule has 0 nitrogen and oxygen atoms in total. The molecule has 1 radical (unpaired) electrons. The van der Waals surface area contributed by atoms with E-state index >= 15 is 0 Å². The van der Waals surface area contributed by atoms with Crippen molar-refractivity contribution in [1.82, 2.24) is 0 Å². The molecule has 1 aliphatic carbocycles. The standard InChI is InChI=1S/C25H33/c1-23(2,3)19-14-13-18-21(25(7,8)9)15-20(24(4,5)6)17-12-10-11-16(19)22(17)18/h10-15H,1-9H3. The van der Waals surface area contributed by atoms with Gasteiger partial charge < -0.3 is 0 Å². The number of hydrogen-bond donors (Lipinski definition) is 0. The van der Waals surface area contributed by atoms with Crippen LogP contribution in [0.5, 0.6) is 0 Å². The molecule has 0 spiro atoms. The topological polar surface area (TPSA) is 0 Å². The van der Waals surface area contributed by atoms with Crippen LogP contribution in [0.25, 0.3) is 16.3 Å². The van der Waals surface area contributed by atoms with E-state index in [-0.39, 0.29) is 16.2 Å². The zero-order valence-electron chi connectivity index (χ0n) is 17.5. The fraction of sp³-hybridized carbons (Fsp3) is 0.480. The van der Waals surface area contributed by atoms with Crippen molar-refractivity contribution in [2.45, 2.75) is 67.7 Å². The van der Waals surface area contributed by atoms with E-state index in [4.69, 9.17) is 0 Å². The van der Waals surface area contributed by atoms with E-state index in [0.717, 1.165) is 0 Å². The van der Waals surface area contributed by atoms with Crippen LogP contribution in [0.2, 0.25) is 0 Å². The normalized spacial score (nSPS) is 16.3. The van der Waals surface area contributed by atoms with Crippen molar-refractivity contribution in [3.63, 3.8) is 0 Å². The number of rotatable bonds is 0. The van der Waals surface area contributed by atoms with Crippen LogP contribution in [0.3, 0.4) is 0 Å². The fourth-order valence-electron chi connectivity index (χ4n) is 4.05. The summed E-state index contributed by atoms with van der Waals surface area (Å²) >= 11 is 0. The van der Waals surface area contributed by atoms with E-state index in [9.17, 15) is 0 Å². The van der Waals surface area contributed by atoms with Crippen LogP contribution >= 0.6 is 0 Å². The van der Waals surface area contributed by atoms with Gasteiger partial charge in [0, 0.05) is 5.92 Å². The highest BCUT2D eigenvalue weighted by Gasteiger charge is 2.35. The van der Waals surface area contributed by atoms with Crippen LogP contribution in [0.1, 0.15) is 79.0 Å².